The van der Waals surface area contributed by atoms with Crippen LogP contribution >= 0.6 is 0 Å². The molecule has 1 aromatic rings. The minimum atomic E-state index is -1.38. The van der Waals surface area contributed by atoms with Gasteiger partial charge in [0.05, 0.1) is 11.7 Å². The van der Waals surface area contributed by atoms with Gasteiger partial charge in [0, 0.05) is 0 Å². The number of aliphatic hydroxyl groups is 1. The van der Waals surface area contributed by atoms with Gasteiger partial charge in [-0.05, 0) is 19.1 Å². The van der Waals surface area contributed by atoms with Crippen molar-refractivity contribution in [3.8, 4) is 11.8 Å². The Morgan fingerprint density at radius 3 is 2.62 bits per heavy atom. The Morgan fingerprint density at radius 1 is 1.50 bits per heavy atom. The third kappa shape index (κ3) is 2.72. The van der Waals surface area contributed by atoms with Crippen molar-refractivity contribution < 1.29 is 19.7 Å². The molecule has 0 saturated carbocycles. The van der Waals surface area contributed by atoms with E-state index in [0.29, 0.717) is 0 Å². The molecule has 0 radical (unpaired) electrons. The molecule has 0 aliphatic heterocycles. The topological polar surface area (TPSA) is 90.5 Å². The van der Waals surface area contributed by atoms with Crippen LogP contribution in [0, 0.1) is 11.3 Å². The normalized spacial score (nSPS) is 13.6. The largest absolute Gasteiger partial charge is 0.478 e. The Balaban J connectivity index is 2.94. The van der Waals surface area contributed by atoms with E-state index in [1.54, 1.807) is 12.1 Å². The van der Waals surface area contributed by atoms with Gasteiger partial charge in [0.1, 0.15) is 11.8 Å². The third-order valence-corrected chi connectivity index (χ3v) is 1.94. The van der Waals surface area contributed by atoms with Crippen molar-refractivity contribution in [3.63, 3.8) is 0 Å². The zero-order valence-corrected chi connectivity index (χ0v) is 8.62. The standard InChI is InChI=1S/C11H11NO4/c1-7(13)10(11(14)15)16-9-5-3-2-4-8(9)6-12/h2-5,7,10,13H,1H3,(H,14,15). The molecule has 16 heavy (non-hydrogen) atoms. The van der Waals surface area contributed by atoms with Crippen LogP contribution in [-0.4, -0.2) is 28.4 Å². The fraction of sp³-hybridized carbons (Fsp3) is 0.273. The van der Waals surface area contributed by atoms with Gasteiger partial charge in [0.2, 0.25) is 6.10 Å². The minimum absolute atomic E-state index is 0.151. The zero-order valence-electron chi connectivity index (χ0n) is 8.62. The fourth-order valence-electron chi connectivity index (χ4n) is 1.15. The first-order chi connectivity index (χ1) is 7.56. The Morgan fingerprint density at radius 2 is 2.12 bits per heavy atom. The predicted molar refractivity (Wildman–Crippen MR) is 54.9 cm³/mol. The zero-order chi connectivity index (χ0) is 12.1. The van der Waals surface area contributed by atoms with Crippen LogP contribution in [0.5, 0.6) is 5.75 Å². The van der Waals surface area contributed by atoms with Crippen molar-refractivity contribution in [2.75, 3.05) is 0 Å². The number of hydrogen-bond acceptors (Lipinski definition) is 4. The fourth-order valence-corrected chi connectivity index (χ4v) is 1.15. The lowest BCUT2D eigenvalue weighted by atomic mass is 10.2. The first kappa shape index (κ1) is 12.0. The number of nitriles is 1. The summed E-state index contributed by atoms with van der Waals surface area (Å²) < 4.78 is 5.09. The number of ether oxygens (including phenoxy) is 1. The highest BCUT2D eigenvalue weighted by molar-refractivity contribution is 5.73. The molecule has 2 N–H and O–H groups in total. The molecule has 5 nitrogen and oxygen atoms in total. The molecule has 0 heterocycles. The van der Waals surface area contributed by atoms with Gasteiger partial charge in [-0.1, -0.05) is 12.1 Å². The van der Waals surface area contributed by atoms with Crippen molar-refractivity contribution in [2.24, 2.45) is 0 Å². The van der Waals surface area contributed by atoms with Crippen LogP contribution < -0.4 is 4.74 Å². The van der Waals surface area contributed by atoms with E-state index < -0.39 is 18.2 Å². The summed E-state index contributed by atoms with van der Waals surface area (Å²) in [7, 11) is 0. The lowest BCUT2D eigenvalue weighted by molar-refractivity contribution is -0.149. The minimum Gasteiger partial charge on any atom is -0.478 e. The number of nitrogens with zero attached hydrogens (tertiary/aromatic N) is 1. The number of carboxylic acid groups (broad SMARTS) is 1. The predicted octanol–water partition coefficient (Wildman–Crippen LogP) is 0.771. The van der Waals surface area contributed by atoms with E-state index in [-0.39, 0.29) is 11.3 Å². The number of aliphatic carboxylic acids is 1. The molecule has 5 heteroatoms. The molecule has 1 aromatic carbocycles. The molecule has 0 aliphatic rings. The molecule has 0 saturated heterocycles. The Labute approximate surface area is 92.5 Å². The van der Waals surface area contributed by atoms with Crippen LogP contribution in [0.3, 0.4) is 0 Å². The van der Waals surface area contributed by atoms with Gasteiger partial charge >= 0.3 is 5.97 Å². The molecule has 2 atom stereocenters. The number of aliphatic hydroxyl groups excluding tert-OH is 1. The highest BCUT2D eigenvalue weighted by Gasteiger charge is 2.25. The maximum absolute atomic E-state index is 10.8. The lowest BCUT2D eigenvalue weighted by Crippen LogP contribution is -2.37. The van der Waals surface area contributed by atoms with Crippen LogP contribution in [0.4, 0.5) is 0 Å². The van der Waals surface area contributed by atoms with E-state index in [9.17, 15) is 9.90 Å². The lowest BCUT2D eigenvalue weighted by Gasteiger charge is -2.17. The number of carbonyl (C=O) groups is 1. The number of hydrogen-bond donors (Lipinski definition) is 2. The van der Waals surface area contributed by atoms with Crippen molar-refractivity contribution in [1.82, 2.24) is 0 Å². The van der Waals surface area contributed by atoms with E-state index in [0.717, 1.165) is 0 Å². The summed E-state index contributed by atoms with van der Waals surface area (Å²) in [4.78, 5) is 10.8. The highest BCUT2D eigenvalue weighted by atomic mass is 16.5. The summed E-state index contributed by atoms with van der Waals surface area (Å²) in [6, 6.07) is 8.14. The first-order valence-corrected chi connectivity index (χ1v) is 4.63. The maximum Gasteiger partial charge on any atom is 0.347 e. The van der Waals surface area contributed by atoms with Crippen molar-refractivity contribution in [1.29, 1.82) is 5.26 Å². The Hall–Kier alpha value is -2.06. The molecular formula is C11H11NO4. The molecule has 0 spiro atoms. The van der Waals surface area contributed by atoms with Crippen molar-refractivity contribution in [3.05, 3.63) is 29.8 Å². The second-order valence-corrected chi connectivity index (χ2v) is 3.23. The molecule has 0 bridgehead atoms. The van der Waals surface area contributed by atoms with Gasteiger partial charge < -0.3 is 14.9 Å². The monoisotopic (exact) mass is 221 g/mol. The quantitative estimate of drug-likeness (QED) is 0.783. The second kappa shape index (κ2) is 5.14. The molecule has 0 amide bonds. The number of para-hydroxylation sites is 1. The van der Waals surface area contributed by atoms with E-state index in [2.05, 4.69) is 0 Å². The van der Waals surface area contributed by atoms with Crippen LogP contribution in [-0.2, 0) is 4.79 Å². The summed E-state index contributed by atoms with van der Waals surface area (Å²) in [6.07, 6.45) is -2.54. The van der Waals surface area contributed by atoms with Gasteiger partial charge in [0.15, 0.2) is 0 Å². The molecule has 2 unspecified atom stereocenters. The molecule has 0 aliphatic carbocycles. The highest BCUT2D eigenvalue weighted by Crippen LogP contribution is 2.19. The van der Waals surface area contributed by atoms with Crippen molar-refractivity contribution in [2.45, 2.75) is 19.1 Å². The van der Waals surface area contributed by atoms with Gasteiger partial charge in [-0.3, -0.25) is 0 Å². The summed E-state index contributed by atoms with van der Waals surface area (Å²) >= 11 is 0. The van der Waals surface area contributed by atoms with E-state index in [4.69, 9.17) is 15.1 Å². The molecule has 0 fully saturated rings. The summed E-state index contributed by atoms with van der Waals surface area (Å²) in [5, 5.41) is 26.8. The Bertz CT molecular complexity index is 422. The smallest absolute Gasteiger partial charge is 0.347 e. The van der Waals surface area contributed by atoms with Crippen LogP contribution in [0.15, 0.2) is 24.3 Å². The van der Waals surface area contributed by atoms with Crippen LogP contribution in [0.1, 0.15) is 12.5 Å². The van der Waals surface area contributed by atoms with Gasteiger partial charge in [0.25, 0.3) is 0 Å². The van der Waals surface area contributed by atoms with Gasteiger partial charge in [-0.25, -0.2) is 4.79 Å². The molecular weight excluding hydrogens is 210 g/mol. The Kier molecular flexibility index (Phi) is 3.86. The molecule has 84 valence electrons. The summed E-state index contributed by atoms with van der Waals surface area (Å²) in [5.41, 5.74) is 0.231. The SMILES string of the molecule is CC(O)C(Oc1ccccc1C#N)C(=O)O. The average Bonchev–Trinajstić information content (AvgIpc) is 2.25. The van der Waals surface area contributed by atoms with Gasteiger partial charge in [-0.2, -0.15) is 5.26 Å². The van der Waals surface area contributed by atoms with Crippen LogP contribution in [0.25, 0.3) is 0 Å². The summed E-state index contributed by atoms with van der Waals surface area (Å²) in [5.74, 6) is -1.12. The van der Waals surface area contributed by atoms with E-state index >= 15 is 0 Å². The molecule has 1 rings (SSSR count). The number of benzene rings is 1. The number of rotatable bonds is 4. The van der Waals surface area contributed by atoms with Gasteiger partial charge in [-0.15, -0.1) is 0 Å². The average molecular weight is 221 g/mol. The number of carboxylic acids is 1. The summed E-state index contributed by atoms with van der Waals surface area (Å²) in [6.45, 7) is 1.31. The maximum atomic E-state index is 10.8. The first-order valence-electron chi connectivity index (χ1n) is 4.63. The van der Waals surface area contributed by atoms with Crippen LogP contribution in [0.2, 0.25) is 0 Å². The van der Waals surface area contributed by atoms with Crippen molar-refractivity contribution >= 4 is 5.97 Å². The second-order valence-electron chi connectivity index (χ2n) is 3.23. The van der Waals surface area contributed by atoms with E-state index in [1.807, 2.05) is 6.07 Å². The third-order valence-electron chi connectivity index (χ3n) is 1.94. The molecule has 0 aromatic heterocycles. The van der Waals surface area contributed by atoms with E-state index in [1.165, 1.54) is 19.1 Å².